The van der Waals surface area contributed by atoms with Crippen LogP contribution in [0.15, 0.2) is 59.6 Å². The Morgan fingerprint density at radius 2 is 1.66 bits per heavy atom. The molecule has 0 radical (unpaired) electrons. The van der Waals surface area contributed by atoms with E-state index in [2.05, 4.69) is 15.6 Å². The monoisotopic (exact) mass is 437 g/mol. The maximum Gasteiger partial charge on any atom is 0.253 e. The summed E-state index contributed by atoms with van der Waals surface area (Å²) < 4.78 is 0. The van der Waals surface area contributed by atoms with E-state index in [1.54, 1.807) is 23.9 Å². The molecule has 0 saturated carbocycles. The predicted octanol–water partition coefficient (Wildman–Crippen LogP) is 2.53. The Kier molecular flexibility index (Phi) is 10.2. The smallest absolute Gasteiger partial charge is 0.253 e. The van der Waals surface area contributed by atoms with Crippen LogP contribution in [0.1, 0.15) is 35.3 Å². The van der Waals surface area contributed by atoms with Gasteiger partial charge in [0.1, 0.15) is 6.54 Å². The Morgan fingerprint density at radius 1 is 0.938 bits per heavy atom. The number of rotatable bonds is 10. The summed E-state index contributed by atoms with van der Waals surface area (Å²) in [5.41, 5.74) is 2.85. The van der Waals surface area contributed by atoms with E-state index < -0.39 is 0 Å². The van der Waals surface area contributed by atoms with Crippen LogP contribution < -0.4 is 10.6 Å². The van der Waals surface area contributed by atoms with Crippen molar-refractivity contribution in [3.8, 4) is 0 Å². The molecule has 0 saturated heterocycles. The fraction of sp³-hybridized carbons (Fsp3) is 0.400. The number of nitrogens with one attached hydrogen (secondary N) is 2. The molecule has 0 unspecified atom stereocenters. The van der Waals surface area contributed by atoms with Gasteiger partial charge in [-0.1, -0.05) is 42.5 Å². The van der Waals surface area contributed by atoms with Crippen molar-refractivity contribution < 1.29 is 9.59 Å². The van der Waals surface area contributed by atoms with Gasteiger partial charge in [0, 0.05) is 45.8 Å². The molecule has 0 aromatic heterocycles. The molecule has 7 heteroatoms. The average Bonchev–Trinajstić information content (AvgIpc) is 2.81. The van der Waals surface area contributed by atoms with Crippen LogP contribution in [-0.2, 0) is 17.8 Å². The summed E-state index contributed by atoms with van der Waals surface area (Å²) in [6, 6.07) is 17.6. The first kappa shape index (κ1) is 24.9. The second-order valence-electron chi connectivity index (χ2n) is 7.67. The number of amides is 2. The van der Waals surface area contributed by atoms with E-state index in [9.17, 15) is 9.59 Å². The minimum atomic E-state index is -0.0107. The molecule has 2 amide bonds. The van der Waals surface area contributed by atoms with Gasteiger partial charge in [0.15, 0.2) is 5.96 Å². The van der Waals surface area contributed by atoms with Crippen molar-refractivity contribution in [3.05, 3.63) is 71.3 Å². The van der Waals surface area contributed by atoms with E-state index >= 15 is 0 Å². The zero-order chi connectivity index (χ0) is 23.3. The average molecular weight is 438 g/mol. The minimum Gasteiger partial charge on any atom is -0.357 e. The number of carbonyl (C=O) groups is 2. The van der Waals surface area contributed by atoms with Crippen molar-refractivity contribution in [2.75, 3.05) is 40.3 Å². The van der Waals surface area contributed by atoms with Crippen LogP contribution in [0.3, 0.4) is 0 Å². The van der Waals surface area contributed by atoms with Gasteiger partial charge in [-0.3, -0.25) is 9.59 Å². The van der Waals surface area contributed by atoms with Gasteiger partial charge in [0.25, 0.3) is 5.91 Å². The molecule has 2 N–H and O–H groups in total. The van der Waals surface area contributed by atoms with E-state index in [1.807, 2.05) is 68.4 Å². The second-order valence-corrected chi connectivity index (χ2v) is 7.67. The molecule has 2 aromatic rings. The van der Waals surface area contributed by atoms with Crippen LogP contribution in [0.2, 0.25) is 0 Å². The zero-order valence-corrected chi connectivity index (χ0v) is 19.6. The van der Waals surface area contributed by atoms with Crippen molar-refractivity contribution >= 4 is 17.8 Å². The van der Waals surface area contributed by atoms with Crippen molar-refractivity contribution in [2.45, 2.75) is 26.8 Å². The molecule has 0 atom stereocenters. The summed E-state index contributed by atoms with van der Waals surface area (Å²) >= 11 is 0. The molecule has 2 aromatic carbocycles. The molecule has 2 rings (SSSR count). The maximum absolute atomic E-state index is 12.7. The summed E-state index contributed by atoms with van der Waals surface area (Å²) in [6.45, 7) is 6.61. The lowest BCUT2D eigenvalue weighted by atomic mass is 10.1. The Hall–Kier alpha value is -3.35. The molecule has 172 valence electrons. The molecule has 0 spiro atoms. The highest BCUT2D eigenvalue weighted by molar-refractivity contribution is 5.94. The topological polar surface area (TPSA) is 77.0 Å². The normalized spacial score (nSPS) is 11.1. The van der Waals surface area contributed by atoms with Gasteiger partial charge in [-0.25, -0.2) is 4.99 Å². The Bertz CT molecular complexity index is 896. The SMILES string of the molecule is CCNC(=NCC(=O)N(CC)Cc1ccccc1)NCCc1cccc(C(=O)N(C)C)c1. The molecular formula is C25H35N5O2. The third-order valence-corrected chi connectivity index (χ3v) is 4.95. The molecule has 32 heavy (non-hydrogen) atoms. The Labute approximate surface area is 191 Å². The van der Waals surface area contributed by atoms with Gasteiger partial charge >= 0.3 is 0 Å². The third-order valence-electron chi connectivity index (χ3n) is 4.95. The lowest BCUT2D eigenvalue weighted by Gasteiger charge is -2.20. The molecular weight excluding hydrogens is 402 g/mol. The summed E-state index contributed by atoms with van der Waals surface area (Å²) in [4.78, 5) is 32.7. The van der Waals surface area contributed by atoms with E-state index in [0.717, 1.165) is 17.5 Å². The lowest BCUT2D eigenvalue weighted by Crippen LogP contribution is -2.40. The van der Waals surface area contributed by atoms with Gasteiger partial charge in [-0.2, -0.15) is 0 Å². The highest BCUT2D eigenvalue weighted by atomic mass is 16.2. The number of nitrogens with zero attached hydrogens (tertiary/aromatic N) is 3. The molecule has 0 heterocycles. The molecule has 0 bridgehead atoms. The number of hydrogen-bond donors (Lipinski definition) is 2. The van der Waals surface area contributed by atoms with Gasteiger partial charge in [0.2, 0.25) is 5.91 Å². The first-order valence-corrected chi connectivity index (χ1v) is 11.1. The van der Waals surface area contributed by atoms with Gasteiger partial charge in [-0.05, 0) is 43.5 Å². The first-order valence-electron chi connectivity index (χ1n) is 11.1. The second kappa shape index (κ2) is 13.1. The van der Waals surface area contributed by atoms with Crippen LogP contribution in [0.4, 0.5) is 0 Å². The molecule has 0 aliphatic rings. The zero-order valence-electron chi connectivity index (χ0n) is 19.6. The van der Waals surface area contributed by atoms with E-state index in [0.29, 0.717) is 37.7 Å². The first-order chi connectivity index (χ1) is 15.4. The number of carbonyl (C=O) groups excluding carboxylic acids is 2. The number of aliphatic imine (C=N–C) groups is 1. The van der Waals surface area contributed by atoms with Crippen LogP contribution in [0, 0.1) is 0 Å². The highest BCUT2D eigenvalue weighted by Gasteiger charge is 2.12. The van der Waals surface area contributed by atoms with Crippen LogP contribution in [0.5, 0.6) is 0 Å². The summed E-state index contributed by atoms with van der Waals surface area (Å²) in [5.74, 6) is 0.588. The van der Waals surface area contributed by atoms with Crippen molar-refractivity contribution in [1.29, 1.82) is 0 Å². The summed E-state index contributed by atoms with van der Waals surface area (Å²) in [5, 5.41) is 6.46. The number of likely N-dealkylation sites (N-methyl/N-ethyl adjacent to an activating group) is 1. The van der Waals surface area contributed by atoms with Crippen molar-refractivity contribution in [2.24, 2.45) is 4.99 Å². The molecule has 0 aliphatic carbocycles. The minimum absolute atomic E-state index is 0.01000. The van der Waals surface area contributed by atoms with Gasteiger partial charge < -0.3 is 20.4 Å². The highest BCUT2D eigenvalue weighted by Crippen LogP contribution is 2.08. The van der Waals surface area contributed by atoms with Crippen LogP contribution in [-0.4, -0.2) is 67.8 Å². The predicted molar refractivity (Wildman–Crippen MR) is 130 cm³/mol. The number of benzene rings is 2. The molecule has 0 fully saturated rings. The fourth-order valence-corrected chi connectivity index (χ4v) is 3.21. The fourth-order valence-electron chi connectivity index (χ4n) is 3.21. The van der Waals surface area contributed by atoms with E-state index in [4.69, 9.17) is 0 Å². The third kappa shape index (κ3) is 8.06. The quantitative estimate of drug-likeness (QED) is 0.442. The van der Waals surface area contributed by atoms with Crippen LogP contribution in [0.25, 0.3) is 0 Å². The molecule has 7 nitrogen and oxygen atoms in total. The lowest BCUT2D eigenvalue weighted by molar-refractivity contribution is -0.130. The number of guanidine groups is 1. The summed E-state index contributed by atoms with van der Waals surface area (Å²) in [6.07, 6.45) is 0.738. The standard InChI is InChI=1S/C25H35N5O2/c1-5-26-25(27-16-15-20-13-10-14-22(17-20)24(32)29(3)4)28-18-23(31)30(6-2)19-21-11-8-7-9-12-21/h7-14,17H,5-6,15-16,18-19H2,1-4H3,(H2,26,27,28). The van der Waals surface area contributed by atoms with Crippen molar-refractivity contribution in [1.82, 2.24) is 20.4 Å². The van der Waals surface area contributed by atoms with Crippen LogP contribution >= 0.6 is 0 Å². The Balaban J connectivity index is 1.91. The van der Waals surface area contributed by atoms with Crippen molar-refractivity contribution in [3.63, 3.8) is 0 Å². The number of hydrogen-bond acceptors (Lipinski definition) is 3. The Morgan fingerprint density at radius 3 is 2.31 bits per heavy atom. The summed E-state index contributed by atoms with van der Waals surface area (Å²) in [7, 11) is 3.49. The van der Waals surface area contributed by atoms with Gasteiger partial charge in [-0.15, -0.1) is 0 Å². The van der Waals surface area contributed by atoms with Gasteiger partial charge in [0.05, 0.1) is 0 Å². The molecule has 0 aliphatic heterocycles. The van der Waals surface area contributed by atoms with E-state index in [1.165, 1.54) is 0 Å². The largest absolute Gasteiger partial charge is 0.357 e. The van der Waals surface area contributed by atoms with E-state index in [-0.39, 0.29) is 18.4 Å². The maximum atomic E-state index is 12.7.